The summed E-state index contributed by atoms with van der Waals surface area (Å²) in [6, 6.07) is 7.40. The van der Waals surface area contributed by atoms with E-state index in [9.17, 15) is 0 Å². The molecule has 0 radical (unpaired) electrons. The maximum absolute atomic E-state index is 16.0. The van der Waals surface area contributed by atoms with Gasteiger partial charge in [0.05, 0.1) is 28.6 Å². The number of rotatable bonds is 5. The Bertz CT molecular complexity index is 1690. The van der Waals surface area contributed by atoms with Crippen LogP contribution in [-0.2, 0) is 6.54 Å². The first-order valence-electron chi connectivity index (χ1n) is 11.1. The molecule has 0 fully saturated rings. The molecule has 0 aliphatic carbocycles. The second-order valence-electron chi connectivity index (χ2n) is 8.78. The number of imidazole rings is 2. The standard InChI is InChI=1S/C25H22FN9/c1-14-11-35(13-29-14)19-6-7-28-24-22(19)30-25(31-24)23-20-18(32-33-23)5-4-17(21(20)26)16-8-15(9-27-10-16)12-34(2)3/h4-11,13H,12H2,1-3H3,(H,32,33)(H,28,30,31). The lowest BCUT2D eigenvalue weighted by molar-refractivity contribution is 0.402. The first kappa shape index (κ1) is 21.1. The van der Waals surface area contributed by atoms with Gasteiger partial charge in [-0.15, -0.1) is 0 Å². The third-order valence-electron chi connectivity index (χ3n) is 5.86. The van der Waals surface area contributed by atoms with Crippen LogP contribution in [0.25, 0.3) is 50.4 Å². The van der Waals surface area contributed by atoms with Crippen LogP contribution in [0.1, 0.15) is 11.3 Å². The molecule has 0 saturated heterocycles. The average Bonchev–Trinajstić information content (AvgIpc) is 3.56. The first-order valence-corrected chi connectivity index (χ1v) is 11.1. The number of fused-ring (bicyclic) bond motifs is 2. The number of nitrogens with one attached hydrogen (secondary N) is 2. The summed E-state index contributed by atoms with van der Waals surface area (Å²) in [6.07, 6.45) is 8.81. The van der Waals surface area contributed by atoms with Crippen molar-refractivity contribution in [3.63, 3.8) is 0 Å². The fourth-order valence-electron chi connectivity index (χ4n) is 4.33. The van der Waals surface area contributed by atoms with E-state index < -0.39 is 0 Å². The van der Waals surface area contributed by atoms with Crippen LogP contribution in [0.4, 0.5) is 4.39 Å². The van der Waals surface area contributed by atoms with Crippen LogP contribution in [0.3, 0.4) is 0 Å². The van der Waals surface area contributed by atoms with Crippen molar-refractivity contribution in [3.8, 4) is 28.3 Å². The van der Waals surface area contributed by atoms with Gasteiger partial charge in [-0.3, -0.25) is 10.1 Å². The SMILES string of the molecule is Cc1cn(-c2ccnc3nc(-c4n[nH]c5ccc(-c6cncc(CN(C)C)c6)c(F)c45)[nH]c23)cn1. The topological polar surface area (TPSA) is 104 Å². The molecule has 2 N–H and O–H groups in total. The molecule has 6 aromatic rings. The van der Waals surface area contributed by atoms with Crippen LogP contribution < -0.4 is 0 Å². The fraction of sp³-hybridized carbons (Fsp3) is 0.160. The van der Waals surface area contributed by atoms with Gasteiger partial charge in [-0.1, -0.05) is 0 Å². The van der Waals surface area contributed by atoms with Crippen LogP contribution in [0, 0.1) is 12.7 Å². The molecule has 0 aliphatic heterocycles. The molecule has 0 amide bonds. The molecule has 174 valence electrons. The molecule has 0 atom stereocenters. The Morgan fingerprint density at radius 3 is 2.80 bits per heavy atom. The Labute approximate surface area is 199 Å². The van der Waals surface area contributed by atoms with E-state index >= 15 is 4.39 Å². The van der Waals surface area contributed by atoms with E-state index in [0.717, 1.165) is 16.9 Å². The number of hydrogen-bond donors (Lipinski definition) is 2. The van der Waals surface area contributed by atoms with Gasteiger partial charge >= 0.3 is 0 Å². The Morgan fingerprint density at radius 1 is 1.11 bits per heavy atom. The summed E-state index contributed by atoms with van der Waals surface area (Å²) in [4.78, 5) is 23.0. The molecule has 5 aromatic heterocycles. The molecule has 0 spiro atoms. The molecule has 5 heterocycles. The van der Waals surface area contributed by atoms with Crippen LogP contribution >= 0.6 is 0 Å². The van der Waals surface area contributed by atoms with E-state index in [1.165, 1.54) is 0 Å². The maximum atomic E-state index is 16.0. The number of halogens is 1. The summed E-state index contributed by atoms with van der Waals surface area (Å²) < 4.78 is 17.9. The number of hydrogen-bond acceptors (Lipinski definition) is 6. The second-order valence-corrected chi connectivity index (χ2v) is 8.78. The van der Waals surface area contributed by atoms with E-state index in [-0.39, 0.29) is 5.82 Å². The van der Waals surface area contributed by atoms with Crippen molar-refractivity contribution >= 4 is 22.1 Å². The van der Waals surface area contributed by atoms with Crippen LogP contribution in [-0.4, -0.2) is 58.7 Å². The van der Waals surface area contributed by atoms with Gasteiger partial charge in [0.25, 0.3) is 0 Å². The van der Waals surface area contributed by atoms with Crippen molar-refractivity contribution in [3.05, 3.63) is 72.5 Å². The summed E-state index contributed by atoms with van der Waals surface area (Å²) >= 11 is 0. The quantitative estimate of drug-likeness (QED) is 0.393. The lowest BCUT2D eigenvalue weighted by Gasteiger charge is -2.11. The number of benzene rings is 1. The number of H-pyrrole nitrogens is 2. The van der Waals surface area contributed by atoms with Gasteiger partial charge in [-0.05, 0) is 50.8 Å². The molecule has 1 aromatic carbocycles. The average molecular weight is 468 g/mol. The summed E-state index contributed by atoms with van der Waals surface area (Å²) in [5.41, 5.74) is 6.11. The minimum atomic E-state index is -0.381. The molecule has 6 rings (SSSR count). The van der Waals surface area contributed by atoms with Crippen molar-refractivity contribution in [2.45, 2.75) is 13.5 Å². The van der Waals surface area contributed by atoms with Crippen molar-refractivity contribution < 1.29 is 4.39 Å². The molecule has 9 nitrogen and oxygen atoms in total. The summed E-state index contributed by atoms with van der Waals surface area (Å²) in [5, 5.41) is 7.68. The second kappa shape index (κ2) is 8.10. The monoisotopic (exact) mass is 467 g/mol. The van der Waals surface area contributed by atoms with Crippen molar-refractivity contribution in [2.75, 3.05) is 14.1 Å². The summed E-state index contributed by atoms with van der Waals surface area (Å²) in [6.45, 7) is 2.64. The zero-order valence-corrected chi connectivity index (χ0v) is 19.4. The van der Waals surface area contributed by atoms with Gasteiger partial charge in [0, 0.05) is 42.5 Å². The van der Waals surface area contributed by atoms with Gasteiger partial charge in [-0.25, -0.2) is 19.3 Å². The Balaban J connectivity index is 1.49. The van der Waals surface area contributed by atoms with E-state index in [4.69, 9.17) is 0 Å². The summed E-state index contributed by atoms with van der Waals surface area (Å²) in [5.74, 6) is 0.0486. The third-order valence-corrected chi connectivity index (χ3v) is 5.86. The normalized spacial score (nSPS) is 11.8. The van der Waals surface area contributed by atoms with Crippen molar-refractivity contribution in [1.29, 1.82) is 0 Å². The molecule has 0 unspecified atom stereocenters. The highest BCUT2D eigenvalue weighted by atomic mass is 19.1. The lowest BCUT2D eigenvalue weighted by Crippen LogP contribution is -2.10. The molecule has 0 saturated carbocycles. The zero-order valence-electron chi connectivity index (χ0n) is 19.4. The van der Waals surface area contributed by atoms with Crippen LogP contribution in [0.2, 0.25) is 0 Å². The predicted molar refractivity (Wildman–Crippen MR) is 131 cm³/mol. The lowest BCUT2D eigenvalue weighted by atomic mass is 10.0. The van der Waals surface area contributed by atoms with Gasteiger partial charge in [0.2, 0.25) is 0 Å². The zero-order chi connectivity index (χ0) is 24.1. The van der Waals surface area contributed by atoms with Crippen LogP contribution in [0.15, 0.2) is 55.4 Å². The van der Waals surface area contributed by atoms with Crippen LogP contribution in [0.5, 0.6) is 0 Å². The Kier molecular flexibility index (Phi) is 4.89. The first-order chi connectivity index (χ1) is 17.0. The Morgan fingerprint density at radius 2 is 2.00 bits per heavy atom. The Hall–Kier alpha value is -4.44. The summed E-state index contributed by atoms with van der Waals surface area (Å²) in [7, 11) is 3.97. The molecular formula is C25H22FN9. The number of pyridine rings is 2. The van der Waals surface area contributed by atoms with Gasteiger partial charge < -0.3 is 14.5 Å². The van der Waals surface area contributed by atoms with Gasteiger partial charge in [-0.2, -0.15) is 5.10 Å². The number of aromatic amines is 2. The highest BCUT2D eigenvalue weighted by Gasteiger charge is 2.20. The molecule has 0 aliphatic rings. The van der Waals surface area contributed by atoms with Gasteiger partial charge in [0.15, 0.2) is 11.5 Å². The van der Waals surface area contributed by atoms with Crippen molar-refractivity contribution in [1.82, 2.24) is 44.6 Å². The molecule has 10 heteroatoms. The molecule has 35 heavy (non-hydrogen) atoms. The maximum Gasteiger partial charge on any atom is 0.180 e. The van der Waals surface area contributed by atoms with Crippen molar-refractivity contribution in [2.24, 2.45) is 0 Å². The van der Waals surface area contributed by atoms with E-state index in [1.54, 1.807) is 31.0 Å². The molecule has 0 bridgehead atoms. The minimum Gasteiger partial charge on any atom is -0.333 e. The van der Waals surface area contributed by atoms with E-state index in [1.807, 2.05) is 54.9 Å². The smallest absolute Gasteiger partial charge is 0.180 e. The highest BCUT2D eigenvalue weighted by molar-refractivity contribution is 5.96. The minimum absolute atomic E-state index is 0.361. The number of aromatic nitrogens is 8. The van der Waals surface area contributed by atoms with Gasteiger partial charge in [0.1, 0.15) is 17.0 Å². The number of nitrogens with zero attached hydrogens (tertiary/aromatic N) is 7. The van der Waals surface area contributed by atoms with E-state index in [2.05, 4.69) is 35.1 Å². The molecular weight excluding hydrogens is 445 g/mol. The third kappa shape index (κ3) is 3.64. The highest BCUT2D eigenvalue weighted by Crippen LogP contribution is 2.34. The number of aryl methyl sites for hydroxylation is 1. The van der Waals surface area contributed by atoms with E-state index in [0.29, 0.717) is 51.3 Å². The predicted octanol–water partition coefficient (Wildman–Crippen LogP) is 4.26. The largest absolute Gasteiger partial charge is 0.333 e. The fourth-order valence-corrected chi connectivity index (χ4v) is 4.33.